The fourth-order valence-corrected chi connectivity index (χ4v) is 8.67. The van der Waals surface area contributed by atoms with E-state index < -0.39 is 0 Å². The second kappa shape index (κ2) is 10.1. The van der Waals surface area contributed by atoms with Crippen molar-refractivity contribution < 1.29 is 13.4 Å². The van der Waals surface area contributed by atoms with Crippen molar-refractivity contribution in [2.75, 3.05) is 0 Å². The van der Waals surface area contributed by atoms with Gasteiger partial charge < -0.3 is 13.4 Å². The fraction of sp³-hybridized carbons (Fsp3) is 0.926. The normalized spacial score (nSPS) is 43.4. The molecule has 3 heteroatoms. The fourth-order valence-electron chi connectivity index (χ4n) is 8.67. The van der Waals surface area contributed by atoms with Crippen LogP contribution in [-0.4, -0.2) is 39.7 Å². The van der Waals surface area contributed by atoms with Gasteiger partial charge in [0, 0.05) is 0 Å². The topological polar surface area (TPSA) is 51.7 Å². The second-order valence-electron chi connectivity index (χ2n) is 12.2. The van der Waals surface area contributed by atoms with Crippen LogP contribution in [0.25, 0.3) is 0 Å². The van der Waals surface area contributed by atoms with Crippen molar-refractivity contribution in [2.45, 2.75) is 111 Å². The van der Waals surface area contributed by atoms with Gasteiger partial charge in [0.05, 0.1) is 6.10 Å². The van der Waals surface area contributed by atoms with Crippen LogP contribution in [0.5, 0.6) is 0 Å². The third-order valence-electron chi connectivity index (χ3n) is 10.3. The van der Waals surface area contributed by atoms with Crippen molar-refractivity contribution >= 4 is 23.1 Å². The molecule has 3 saturated carbocycles. The van der Waals surface area contributed by atoms with Gasteiger partial charge in [-0.1, -0.05) is 65.5 Å². The van der Waals surface area contributed by atoms with Crippen molar-refractivity contribution in [3.05, 3.63) is 11.6 Å². The number of aliphatic hydroxyl groups is 1. The monoisotopic (exact) mass is 430 g/mol. The molecule has 0 aromatic heterocycles. The number of rotatable bonds is 5. The average Bonchev–Trinajstić information content (AvgIpc) is 2.99. The van der Waals surface area contributed by atoms with Gasteiger partial charge in [0.25, 0.3) is 0 Å². The Labute approximate surface area is 205 Å². The Bertz CT molecular complexity index is 612. The summed E-state index contributed by atoms with van der Waals surface area (Å²) in [5.74, 6) is 5.46. The summed E-state index contributed by atoms with van der Waals surface area (Å²) in [6.45, 7) is 12.6. The molecule has 2 nitrogen and oxygen atoms in total. The van der Waals surface area contributed by atoms with Crippen LogP contribution in [0.15, 0.2) is 11.6 Å². The van der Waals surface area contributed by atoms with Crippen LogP contribution in [0.4, 0.5) is 0 Å². The predicted molar refractivity (Wildman–Crippen MR) is 131 cm³/mol. The van der Waals surface area contributed by atoms with Crippen LogP contribution in [0, 0.1) is 46.3 Å². The summed E-state index contributed by atoms with van der Waals surface area (Å²) in [4.78, 5) is 0. The average molecular weight is 431 g/mol. The summed E-state index contributed by atoms with van der Waals surface area (Å²) in [6, 6.07) is 0. The Morgan fingerprint density at radius 3 is 2.47 bits per heavy atom. The first-order chi connectivity index (χ1) is 13.3. The third-order valence-corrected chi connectivity index (χ3v) is 10.3. The molecule has 3 N–H and O–H groups in total. The molecule has 0 radical (unpaired) electrons. The molecule has 0 bridgehead atoms. The van der Waals surface area contributed by atoms with E-state index >= 15 is 0 Å². The first-order valence-electron chi connectivity index (χ1n) is 12.6. The van der Waals surface area contributed by atoms with E-state index in [1.165, 1.54) is 57.8 Å². The quantitative estimate of drug-likeness (QED) is 0.397. The zero-order valence-corrected chi connectivity index (χ0v) is 22.0. The van der Waals surface area contributed by atoms with Crippen LogP contribution >= 0.6 is 0 Å². The molecule has 4 aliphatic carbocycles. The summed E-state index contributed by atoms with van der Waals surface area (Å²) >= 11 is 0. The van der Waals surface area contributed by atoms with E-state index in [4.69, 9.17) is 0 Å². The smallest absolute Gasteiger partial charge is 1.00 e. The molecule has 8 atom stereocenters. The van der Waals surface area contributed by atoms with Gasteiger partial charge in [-0.15, -0.1) is 0 Å². The summed E-state index contributed by atoms with van der Waals surface area (Å²) < 4.78 is 0. The largest absolute Gasteiger partial charge is 2.00 e. The van der Waals surface area contributed by atoms with Crippen molar-refractivity contribution in [3.8, 4) is 0 Å². The molecule has 172 valence electrons. The summed E-state index contributed by atoms with van der Waals surface area (Å²) in [6.07, 6.45) is 17.2. The zero-order chi connectivity index (χ0) is 20.1. The minimum Gasteiger partial charge on any atom is -1.00 e. The van der Waals surface area contributed by atoms with Crippen molar-refractivity contribution in [2.24, 2.45) is 46.3 Å². The predicted octanol–water partition coefficient (Wildman–Crippen LogP) is 6.41. The number of allylic oxidation sites excluding steroid dienone is 1. The molecule has 0 aromatic rings. The van der Waals surface area contributed by atoms with Crippen LogP contribution in [0.3, 0.4) is 0 Å². The van der Waals surface area contributed by atoms with Crippen molar-refractivity contribution in [1.29, 1.82) is 0 Å². The van der Waals surface area contributed by atoms with E-state index in [2.05, 4.69) is 40.7 Å². The maximum absolute atomic E-state index is 10.2. The summed E-state index contributed by atoms with van der Waals surface area (Å²) in [5.41, 5.74) is 2.60. The Morgan fingerprint density at radius 1 is 1.03 bits per heavy atom. The van der Waals surface area contributed by atoms with E-state index in [-0.39, 0.29) is 37.5 Å². The Morgan fingerprint density at radius 2 is 1.77 bits per heavy atom. The molecular weight excluding hydrogens is 381 g/mol. The number of hydrogen-bond donors (Lipinski definition) is 1. The molecule has 0 spiro atoms. The third kappa shape index (κ3) is 4.57. The van der Waals surface area contributed by atoms with Gasteiger partial charge >= 0.3 is 23.1 Å². The van der Waals surface area contributed by atoms with E-state index in [0.29, 0.717) is 10.8 Å². The first kappa shape index (κ1) is 26.7. The molecule has 0 saturated heterocycles. The van der Waals surface area contributed by atoms with Crippen molar-refractivity contribution in [1.82, 2.24) is 0 Å². The van der Waals surface area contributed by atoms with Crippen molar-refractivity contribution in [3.63, 3.8) is 0 Å². The summed E-state index contributed by atoms with van der Waals surface area (Å²) in [7, 11) is 0. The maximum atomic E-state index is 10.2. The molecular formula is C27H50MgO2. The Balaban J connectivity index is 0.00000240. The number of fused-ring (bicyclic) bond motifs is 5. The molecule has 3 fully saturated rings. The van der Waals surface area contributed by atoms with Gasteiger partial charge in [0.2, 0.25) is 0 Å². The molecule has 0 aliphatic heterocycles. The Kier molecular flexibility index (Phi) is 9.02. The van der Waals surface area contributed by atoms with Gasteiger partial charge in [-0.05, 0) is 97.7 Å². The molecule has 0 heterocycles. The maximum Gasteiger partial charge on any atom is 2.00 e. The Hall–Kier alpha value is 0.426. The summed E-state index contributed by atoms with van der Waals surface area (Å²) in [5, 5.41) is 10.2. The van der Waals surface area contributed by atoms with Gasteiger partial charge in [-0.25, -0.2) is 0 Å². The minimum absolute atomic E-state index is 0. The first-order valence-corrected chi connectivity index (χ1v) is 12.6. The minimum atomic E-state index is -0.0766. The molecule has 0 amide bonds. The van der Waals surface area contributed by atoms with Crippen LogP contribution in [-0.2, 0) is 0 Å². The molecule has 4 aliphatic rings. The van der Waals surface area contributed by atoms with Crippen LogP contribution in [0.1, 0.15) is 108 Å². The zero-order valence-electron chi connectivity index (χ0n) is 22.6. The van der Waals surface area contributed by atoms with E-state index in [1.807, 2.05) is 0 Å². The molecule has 0 unspecified atom stereocenters. The standard InChI is InChI=1S/C27H46O.Mg.H2O.2H/c1-18(2)7-6-8-19(3)23-11-12-24-22-10-9-20-17-21(28)13-15-26(20,4)25(22)14-16-27(23,24)5;;;;/h9,18-19,21-25,28H,6-8,10-17H2,1-5H3;;1H2;;/q;+2;;2*-1/t19-,21+,22+,23-,24+,25+,26+,27-;;;;/m1..../s1. The van der Waals surface area contributed by atoms with Gasteiger partial charge in [0.1, 0.15) is 0 Å². The number of hydrogen-bond acceptors (Lipinski definition) is 1. The van der Waals surface area contributed by atoms with E-state index in [1.54, 1.807) is 5.57 Å². The second-order valence-corrected chi connectivity index (χ2v) is 12.2. The van der Waals surface area contributed by atoms with E-state index in [0.717, 1.165) is 48.3 Å². The van der Waals surface area contributed by atoms with Crippen LogP contribution in [0.2, 0.25) is 0 Å². The van der Waals surface area contributed by atoms with Gasteiger partial charge in [-0.2, -0.15) is 0 Å². The number of aliphatic hydroxyl groups excluding tert-OH is 1. The van der Waals surface area contributed by atoms with E-state index in [9.17, 15) is 5.11 Å². The van der Waals surface area contributed by atoms with Gasteiger partial charge in [-0.3, -0.25) is 0 Å². The van der Waals surface area contributed by atoms with Crippen LogP contribution < -0.4 is 0 Å². The molecule has 4 rings (SSSR count). The van der Waals surface area contributed by atoms with Gasteiger partial charge in [0.15, 0.2) is 0 Å². The SMILES string of the molecule is CC(C)CCC[C@@H](C)[C@H]1CC[C@H]2[C@@H]3CC=C4C[C@@H](O)CC[C@]4(C)[C@H]3CC[C@]12C.O.[H-].[H-].[Mg+2]. The molecule has 0 aromatic carbocycles. The molecule has 30 heavy (non-hydrogen) atoms.